The summed E-state index contributed by atoms with van der Waals surface area (Å²) in [6.45, 7) is 1.79. The molecule has 0 unspecified atom stereocenters. The van der Waals surface area contributed by atoms with Gasteiger partial charge in [0.25, 0.3) is 5.91 Å². The zero-order valence-corrected chi connectivity index (χ0v) is 13.2. The zero-order chi connectivity index (χ0) is 13.8. The van der Waals surface area contributed by atoms with Gasteiger partial charge in [-0.05, 0) is 41.1 Å². The molecule has 0 heterocycles. The normalized spacial score (nSPS) is 11.2. The van der Waals surface area contributed by atoms with Gasteiger partial charge < -0.3 is 10.1 Å². The number of nitrogens with one attached hydrogen (secondary N) is 1. The number of rotatable bonds is 5. The first-order valence-corrected chi connectivity index (χ1v) is 7.10. The molecule has 6 heteroatoms. The minimum Gasteiger partial charge on any atom is -0.497 e. The van der Waals surface area contributed by atoms with Crippen molar-refractivity contribution in [3.05, 3.63) is 28.2 Å². The number of halogens is 3. The summed E-state index contributed by atoms with van der Waals surface area (Å²) in [5.41, 5.74) is -0.154. The van der Waals surface area contributed by atoms with Crippen LogP contribution in [-0.2, 0) is 0 Å². The average Bonchev–Trinajstić information content (AvgIpc) is 2.39. The maximum Gasteiger partial charge on any atom is 0.253 e. The van der Waals surface area contributed by atoms with Crippen LogP contribution < -0.4 is 10.1 Å². The molecule has 0 atom stereocenters. The van der Waals surface area contributed by atoms with Crippen LogP contribution in [0.2, 0.25) is 0 Å². The maximum atomic E-state index is 12.2. The molecule has 1 amide bonds. The number of amides is 1. The van der Waals surface area contributed by atoms with Crippen molar-refractivity contribution < 1.29 is 9.53 Å². The lowest BCUT2D eigenvalue weighted by Crippen LogP contribution is -2.49. The van der Waals surface area contributed by atoms with Crippen molar-refractivity contribution in [3.63, 3.8) is 0 Å². The van der Waals surface area contributed by atoms with Gasteiger partial charge in [0.05, 0.1) is 18.2 Å². The molecule has 0 aliphatic heterocycles. The van der Waals surface area contributed by atoms with Crippen LogP contribution in [0.3, 0.4) is 0 Å². The molecule has 0 aliphatic rings. The highest BCUT2D eigenvalue weighted by atomic mass is 79.9. The second-order valence-corrected chi connectivity index (χ2v) is 5.52. The minimum atomic E-state index is -0.636. The van der Waals surface area contributed by atoms with E-state index in [-0.39, 0.29) is 17.7 Å². The predicted molar refractivity (Wildman–Crippen MR) is 78.0 cm³/mol. The van der Waals surface area contributed by atoms with Gasteiger partial charge in [-0.1, -0.05) is 0 Å². The van der Waals surface area contributed by atoms with Gasteiger partial charge >= 0.3 is 0 Å². The molecule has 1 aromatic carbocycles. The number of carbonyl (C=O) groups excluding carboxylic acids is 1. The van der Waals surface area contributed by atoms with Crippen molar-refractivity contribution in [2.45, 2.75) is 12.5 Å². The van der Waals surface area contributed by atoms with E-state index in [9.17, 15) is 4.79 Å². The summed E-state index contributed by atoms with van der Waals surface area (Å²) >= 11 is 14.9. The van der Waals surface area contributed by atoms with Gasteiger partial charge in [0.2, 0.25) is 0 Å². The molecule has 3 nitrogen and oxygen atoms in total. The SMILES string of the molecule is COc1ccc(Br)c(C(=O)NC(C)(CCl)CCl)c1. The van der Waals surface area contributed by atoms with Gasteiger partial charge in [0.15, 0.2) is 0 Å². The van der Waals surface area contributed by atoms with Gasteiger partial charge in [-0.3, -0.25) is 4.79 Å². The van der Waals surface area contributed by atoms with Crippen LogP contribution >= 0.6 is 39.1 Å². The molecule has 100 valence electrons. The molecule has 0 bridgehead atoms. The molecule has 1 N–H and O–H groups in total. The van der Waals surface area contributed by atoms with Gasteiger partial charge in [0, 0.05) is 16.2 Å². The third kappa shape index (κ3) is 3.77. The zero-order valence-electron chi connectivity index (χ0n) is 10.1. The molecule has 0 saturated heterocycles. The monoisotopic (exact) mass is 353 g/mol. The highest BCUT2D eigenvalue weighted by Crippen LogP contribution is 2.23. The summed E-state index contributed by atoms with van der Waals surface area (Å²) in [5, 5.41) is 2.81. The number of hydrogen-bond acceptors (Lipinski definition) is 2. The Bertz CT molecular complexity index is 436. The highest BCUT2D eigenvalue weighted by molar-refractivity contribution is 9.10. The van der Waals surface area contributed by atoms with Crippen molar-refractivity contribution in [3.8, 4) is 5.75 Å². The van der Waals surface area contributed by atoms with Crippen molar-refractivity contribution in [2.24, 2.45) is 0 Å². The largest absolute Gasteiger partial charge is 0.497 e. The van der Waals surface area contributed by atoms with Crippen LogP contribution in [0.1, 0.15) is 17.3 Å². The fraction of sp³-hybridized carbons (Fsp3) is 0.417. The molecule has 1 aromatic rings. The molecule has 0 fully saturated rings. The lowest BCUT2D eigenvalue weighted by Gasteiger charge is -2.26. The van der Waals surface area contributed by atoms with Gasteiger partial charge in [0.1, 0.15) is 5.75 Å². The molecule has 0 saturated carbocycles. The third-order valence-electron chi connectivity index (χ3n) is 2.42. The Balaban J connectivity index is 2.97. The second kappa shape index (κ2) is 6.64. The summed E-state index contributed by atoms with van der Waals surface area (Å²) in [6.07, 6.45) is 0. The number of benzene rings is 1. The Labute approximate surface area is 125 Å². The lowest BCUT2D eigenvalue weighted by atomic mass is 10.1. The number of hydrogen-bond donors (Lipinski definition) is 1. The van der Waals surface area contributed by atoms with E-state index in [0.29, 0.717) is 15.8 Å². The predicted octanol–water partition coefficient (Wildman–Crippen LogP) is 3.42. The first kappa shape index (κ1) is 15.6. The van der Waals surface area contributed by atoms with E-state index in [4.69, 9.17) is 27.9 Å². The number of methoxy groups -OCH3 is 1. The summed E-state index contributed by atoms with van der Waals surface area (Å²) in [6, 6.07) is 5.18. The number of ether oxygens (including phenoxy) is 1. The standard InChI is InChI=1S/C12H14BrCl2NO2/c1-12(6-14,7-15)16-11(17)9-5-8(18-2)3-4-10(9)13/h3-5H,6-7H2,1-2H3,(H,16,17). The van der Waals surface area contributed by atoms with E-state index in [1.165, 1.54) is 0 Å². The Morgan fingerprint density at radius 1 is 1.44 bits per heavy atom. The van der Waals surface area contributed by atoms with E-state index >= 15 is 0 Å². The Hall–Kier alpha value is -0.450. The highest BCUT2D eigenvalue weighted by Gasteiger charge is 2.25. The van der Waals surface area contributed by atoms with Crippen molar-refractivity contribution in [1.82, 2.24) is 5.32 Å². The summed E-state index contributed by atoms with van der Waals surface area (Å²) in [7, 11) is 1.55. The fourth-order valence-electron chi connectivity index (χ4n) is 1.25. The molecule has 18 heavy (non-hydrogen) atoms. The number of carbonyl (C=O) groups is 1. The van der Waals surface area contributed by atoms with Gasteiger partial charge in [-0.15, -0.1) is 23.2 Å². The Morgan fingerprint density at radius 3 is 2.56 bits per heavy atom. The van der Waals surface area contributed by atoms with E-state index in [1.807, 2.05) is 0 Å². The Morgan fingerprint density at radius 2 is 2.06 bits per heavy atom. The molecule has 0 aromatic heterocycles. The first-order chi connectivity index (χ1) is 8.45. The van der Waals surface area contributed by atoms with Crippen molar-refractivity contribution in [1.29, 1.82) is 0 Å². The molecule has 1 rings (SSSR count). The van der Waals surface area contributed by atoms with Crippen LogP contribution in [0, 0.1) is 0 Å². The molecular weight excluding hydrogens is 341 g/mol. The van der Waals surface area contributed by atoms with Crippen molar-refractivity contribution >= 4 is 45.0 Å². The Kier molecular flexibility index (Phi) is 5.76. The third-order valence-corrected chi connectivity index (χ3v) is 4.29. The fourth-order valence-corrected chi connectivity index (χ4v) is 2.10. The van der Waals surface area contributed by atoms with Crippen molar-refractivity contribution in [2.75, 3.05) is 18.9 Å². The molecule has 0 aliphatic carbocycles. The minimum absolute atomic E-state index is 0.240. The van der Waals surface area contributed by atoms with Gasteiger partial charge in [-0.2, -0.15) is 0 Å². The van der Waals surface area contributed by atoms with Crippen LogP contribution in [0.4, 0.5) is 0 Å². The second-order valence-electron chi connectivity index (χ2n) is 4.13. The van der Waals surface area contributed by atoms with Crippen LogP contribution in [-0.4, -0.2) is 30.3 Å². The quantitative estimate of drug-likeness (QED) is 0.822. The van der Waals surface area contributed by atoms with Crippen LogP contribution in [0.5, 0.6) is 5.75 Å². The number of alkyl halides is 2. The first-order valence-electron chi connectivity index (χ1n) is 5.24. The van der Waals surface area contributed by atoms with Gasteiger partial charge in [-0.25, -0.2) is 0 Å². The van der Waals surface area contributed by atoms with E-state index in [1.54, 1.807) is 32.2 Å². The molecule has 0 radical (unpaired) electrons. The summed E-state index contributed by atoms with van der Waals surface area (Å²) < 4.78 is 5.78. The maximum absolute atomic E-state index is 12.2. The molecular formula is C12H14BrCl2NO2. The van der Waals surface area contributed by atoms with E-state index in [2.05, 4.69) is 21.2 Å². The smallest absolute Gasteiger partial charge is 0.253 e. The van der Waals surface area contributed by atoms with E-state index < -0.39 is 5.54 Å². The average molecular weight is 355 g/mol. The topological polar surface area (TPSA) is 38.3 Å². The summed E-state index contributed by atoms with van der Waals surface area (Å²) in [5.74, 6) is 0.847. The van der Waals surface area contributed by atoms with E-state index in [0.717, 1.165) is 0 Å². The molecule has 0 spiro atoms. The lowest BCUT2D eigenvalue weighted by molar-refractivity contribution is 0.0920. The van der Waals surface area contributed by atoms with Crippen LogP contribution in [0.15, 0.2) is 22.7 Å². The van der Waals surface area contributed by atoms with Crippen LogP contribution in [0.25, 0.3) is 0 Å². The summed E-state index contributed by atoms with van der Waals surface area (Å²) in [4.78, 5) is 12.2.